The molecule has 2 unspecified atom stereocenters. The van der Waals surface area contributed by atoms with E-state index in [1.807, 2.05) is 6.07 Å². The first-order valence-electron chi connectivity index (χ1n) is 7.82. The van der Waals surface area contributed by atoms with Crippen LogP contribution in [0.3, 0.4) is 0 Å². The standard InChI is InChI=1S/C18H23NO3/c1-17(2)12-9-10-18(17,3)15(11-12)19-22-16(20)13-7-5-6-8-14(13)21-4/h5-8,12H,9-11H2,1-4H3/b19-15+. The number of carbonyl (C=O) groups excluding carboxylic acids is 1. The largest absolute Gasteiger partial charge is 0.496 e. The van der Waals surface area contributed by atoms with Gasteiger partial charge in [0, 0.05) is 5.41 Å². The molecule has 118 valence electrons. The average molecular weight is 301 g/mol. The number of benzene rings is 1. The van der Waals surface area contributed by atoms with E-state index in [9.17, 15) is 4.79 Å². The maximum atomic E-state index is 12.2. The quantitative estimate of drug-likeness (QED) is 0.625. The van der Waals surface area contributed by atoms with E-state index in [2.05, 4.69) is 25.9 Å². The molecule has 4 heteroatoms. The van der Waals surface area contributed by atoms with E-state index in [1.54, 1.807) is 18.2 Å². The average Bonchev–Trinajstić information content (AvgIpc) is 2.85. The molecule has 2 aliphatic carbocycles. The number of nitrogens with zero attached hydrogens (tertiary/aromatic N) is 1. The number of rotatable bonds is 3. The van der Waals surface area contributed by atoms with Crippen LogP contribution in [0.1, 0.15) is 50.4 Å². The smallest absolute Gasteiger partial charge is 0.369 e. The van der Waals surface area contributed by atoms with Crippen molar-refractivity contribution < 1.29 is 14.4 Å². The Bertz CT molecular complexity index is 635. The Morgan fingerprint density at radius 3 is 2.59 bits per heavy atom. The Balaban J connectivity index is 1.80. The van der Waals surface area contributed by atoms with Crippen LogP contribution in [0.4, 0.5) is 0 Å². The van der Waals surface area contributed by atoms with E-state index in [4.69, 9.17) is 9.57 Å². The molecular weight excluding hydrogens is 278 g/mol. The Kier molecular flexibility index (Phi) is 3.50. The third kappa shape index (κ3) is 2.04. The van der Waals surface area contributed by atoms with Crippen molar-refractivity contribution in [1.82, 2.24) is 0 Å². The van der Waals surface area contributed by atoms with Crippen molar-refractivity contribution in [3.8, 4) is 5.75 Å². The third-order valence-electron chi connectivity index (χ3n) is 6.08. The number of hydrogen-bond donors (Lipinski definition) is 0. The summed E-state index contributed by atoms with van der Waals surface area (Å²) in [4.78, 5) is 17.5. The minimum atomic E-state index is -0.464. The minimum Gasteiger partial charge on any atom is -0.496 e. The summed E-state index contributed by atoms with van der Waals surface area (Å²) in [6.45, 7) is 6.85. The van der Waals surface area contributed by atoms with Crippen LogP contribution in [0, 0.1) is 16.7 Å². The molecular formula is C18H23NO3. The van der Waals surface area contributed by atoms with Crippen molar-refractivity contribution in [2.75, 3.05) is 7.11 Å². The summed E-state index contributed by atoms with van der Waals surface area (Å²) in [5.41, 5.74) is 1.69. The lowest BCUT2D eigenvalue weighted by Gasteiger charge is -2.34. The van der Waals surface area contributed by atoms with Gasteiger partial charge in [-0.15, -0.1) is 0 Å². The molecule has 1 aromatic rings. The topological polar surface area (TPSA) is 47.9 Å². The lowest BCUT2D eigenvalue weighted by atomic mass is 9.70. The van der Waals surface area contributed by atoms with Crippen LogP contribution in [-0.2, 0) is 4.84 Å². The van der Waals surface area contributed by atoms with Gasteiger partial charge in [0.2, 0.25) is 0 Å². The van der Waals surface area contributed by atoms with Gasteiger partial charge in [-0.05, 0) is 42.7 Å². The third-order valence-corrected chi connectivity index (χ3v) is 6.08. The summed E-state index contributed by atoms with van der Waals surface area (Å²) in [5, 5.41) is 4.24. The Hall–Kier alpha value is -1.84. The molecule has 0 N–H and O–H groups in total. The van der Waals surface area contributed by atoms with Gasteiger partial charge in [0.05, 0.1) is 12.8 Å². The maximum absolute atomic E-state index is 12.2. The van der Waals surface area contributed by atoms with Crippen LogP contribution in [0.2, 0.25) is 0 Å². The molecule has 22 heavy (non-hydrogen) atoms. The molecule has 2 fully saturated rings. The van der Waals surface area contributed by atoms with Crippen LogP contribution >= 0.6 is 0 Å². The number of fused-ring (bicyclic) bond motifs is 2. The molecule has 0 heterocycles. The van der Waals surface area contributed by atoms with Crippen molar-refractivity contribution in [2.45, 2.75) is 40.0 Å². The molecule has 0 amide bonds. The van der Waals surface area contributed by atoms with Gasteiger partial charge >= 0.3 is 5.97 Å². The predicted octanol–water partition coefficient (Wildman–Crippen LogP) is 4.05. The zero-order valence-corrected chi connectivity index (χ0v) is 13.7. The number of para-hydroxylation sites is 1. The Morgan fingerprint density at radius 2 is 2.00 bits per heavy atom. The second-order valence-electron chi connectivity index (χ2n) is 7.11. The molecule has 4 nitrogen and oxygen atoms in total. The van der Waals surface area contributed by atoms with E-state index in [0.717, 1.165) is 18.6 Å². The van der Waals surface area contributed by atoms with Gasteiger partial charge in [-0.3, -0.25) is 0 Å². The fraction of sp³-hybridized carbons (Fsp3) is 0.556. The molecule has 0 spiro atoms. The summed E-state index contributed by atoms with van der Waals surface area (Å²) >= 11 is 0. The van der Waals surface area contributed by atoms with Crippen molar-refractivity contribution in [2.24, 2.45) is 21.9 Å². The summed E-state index contributed by atoms with van der Waals surface area (Å²) in [5.74, 6) is 0.683. The van der Waals surface area contributed by atoms with Gasteiger partial charge < -0.3 is 9.57 Å². The van der Waals surface area contributed by atoms with Crippen LogP contribution in [0.25, 0.3) is 0 Å². The van der Waals surface area contributed by atoms with E-state index in [0.29, 0.717) is 17.2 Å². The molecule has 2 aliphatic rings. The normalized spacial score (nSPS) is 30.5. The highest BCUT2D eigenvalue weighted by molar-refractivity contribution is 5.96. The van der Waals surface area contributed by atoms with Crippen molar-refractivity contribution in [1.29, 1.82) is 0 Å². The monoisotopic (exact) mass is 301 g/mol. The van der Waals surface area contributed by atoms with Gasteiger partial charge in [-0.25, -0.2) is 4.79 Å². The lowest BCUT2D eigenvalue weighted by Crippen LogP contribution is -2.32. The molecule has 0 radical (unpaired) electrons. The first kappa shape index (κ1) is 15.1. The number of oxime groups is 1. The van der Waals surface area contributed by atoms with Crippen molar-refractivity contribution in [3.63, 3.8) is 0 Å². The van der Waals surface area contributed by atoms with Gasteiger partial charge in [0.25, 0.3) is 0 Å². The molecule has 2 saturated carbocycles. The summed E-state index contributed by atoms with van der Waals surface area (Å²) in [7, 11) is 1.54. The first-order chi connectivity index (χ1) is 10.4. The highest BCUT2D eigenvalue weighted by Crippen LogP contribution is 2.64. The summed E-state index contributed by atoms with van der Waals surface area (Å²) in [6.07, 6.45) is 3.29. The van der Waals surface area contributed by atoms with E-state index < -0.39 is 5.97 Å². The first-order valence-corrected chi connectivity index (χ1v) is 7.82. The second kappa shape index (κ2) is 5.11. The SMILES string of the molecule is COc1ccccc1C(=O)O/N=C1\CC2CCC1(C)C2(C)C. The zero-order chi connectivity index (χ0) is 16.0. The maximum Gasteiger partial charge on any atom is 0.369 e. The van der Waals surface area contributed by atoms with Gasteiger partial charge in [0.15, 0.2) is 0 Å². The molecule has 3 rings (SSSR count). The summed E-state index contributed by atoms with van der Waals surface area (Å²) in [6, 6.07) is 7.04. The number of ether oxygens (including phenoxy) is 1. The molecule has 0 aromatic heterocycles. The lowest BCUT2D eigenvalue weighted by molar-refractivity contribution is 0.0504. The van der Waals surface area contributed by atoms with Crippen LogP contribution in [0.15, 0.2) is 29.4 Å². The second-order valence-corrected chi connectivity index (χ2v) is 7.11. The van der Waals surface area contributed by atoms with Gasteiger partial charge in [-0.2, -0.15) is 0 Å². The molecule has 2 bridgehead atoms. The molecule has 0 aliphatic heterocycles. The van der Waals surface area contributed by atoms with Crippen LogP contribution < -0.4 is 4.74 Å². The molecule has 1 aromatic carbocycles. The van der Waals surface area contributed by atoms with E-state index >= 15 is 0 Å². The fourth-order valence-corrected chi connectivity index (χ4v) is 4.03. The highest BCUT2D eigenvalue weighted by atomic mass is 16.7. The minimum absolute atomic E-state index is 0.0404. The van der Waals surface area contributed by atoms with Crippen molar-refractivity contribution in [3.05, 3.63) is 29.8 Å². The van der Waals surface area contributed by atoms with Gasteiger partial charge in [-0.1, -0.05) is 38.1 Å². The molecule has 0 saturated heterocycles. The number of hydrogen-bond acceptors (Lipinski definition) is 4. The number of carbonyl (C=O) groups is 1. The summed E-state index contributed by atoms with van der Waals surface area (Å²) < 4.78 is 5.19. The van der Waals surface area contributed by atoms with Gasteiger partial charge in [0.1, 0.15) is 11.3 Å². The fourth-order valence-electron chi connectivity index (χ4n) is 4.03. The molecule has 2 atom stereocenters. The van der Waals surface area contributed by atoms with E-state index in [1.165, 1.54) is 13.5 Å². The van der Waals surface area contributed by atoms with Crippen molar-refractivity contribution >= 4 is 11.7 Å². The Morgan fingerprint density at radius 1 is 1.27 bits per heavy atom. The highest BCUT2D eigenvalue weighted by Gasteiger charge is 2.60. The predicted molar refractivity (Wildman–Crippen MR) is 85.1 cm³/mol. The van der Waals surface area contributed by atoms with Crippen LogP contribution in [0.5, 0.6) is 5.75 Å². The van der Waals surface area contributed by atoms with Crippen LogP contribution in [-0.4, -0.2) is 18.8 Å². The zero-order valence-electron chi connectivity index (χ0n) is 13.7. The Labute approximate surface area is 131 Å². The van der Waals surface area contributed by atoms with E-state index in [-0.39, 0.29) is 10.8 Å². The number of methoxy groups -OCH3 is 1.